The number of anilines is 2. The minimum atomic E-state index is -0.497. The van der Waals surface area contributed by atoms with Crippen LogP contribution in [0.4, 0.5) is 11.4 Å². The molecular weight excluding hydrogens is 352 g/mol. The van der Waals surface area contributed by atoms with E-state index in [1.807, 2.05) is 24.3 Å². The molecule has 0 radical (unpaired) electrons. The molecule has 28 heavy (non-hydrogen) atoms. The lowest BCUT2D eigenvalue weighted by molar-refractivity contribution is -0.130. The van der Waals surface area contributed by atoms with Crippen molar-refractivity contribution in [2.24, 2.45) is 5.92 Å². The Balaban J connectivity index is 1.21. The van der Waals surface area contributed by atoms with Gasteiger partial charge in [0, 0.05) is 38.6 Å². The number of hydrogen-bond acceptors (Lipinski definition) is 4. The summed E-state index contributed by atoms with van der Waals surface area (Å²) in [4.78, 5) is 29.9. The molecule has 4 aliphatic rings. The topological polar surface area (TPSA) is 64.7 Å². The van der Waals surface area contributed by atoms with Crippen LogP contribution in [-0.2, 0) is 9.59 Å². The van der Waals surface area contributed by atoms with Gasteiger partial charge in [-0.15, -0.1) is 0 Å². The van der Waals surface area contributed by atoms with E-state index in [-0.39, 0.29) is 5.91 Å². The van der Waals surface area contributed by atoms with E-state index in [4.69, 9.17) is 0 Å². The second-order valence-electron chi connectivity index (χ2n) is 9.01. The highest BCUT2D eigenvalue weighted by Crippen LogP contribution is 2.37. The molecular formula is C22H30N4O2. The largest absolute Gasteiger partial charge is 0.369 e. The van der Waals surface area contributed by atoms with Crippen LogP contribution < -0.4 is 10.6 Å². The van der Waals surface area contributed by atoms with E-state index < -0.39 is 5.54 Å². The first-order valence-electron chi connectivity index (χ1n) is 10.8. The quantitative estimate of drug-likeness (QED) is 0.844. The van der Waals surface area contributed by atoms with Crippen molar-refractivity contribution in [2.75, 3.05) is 36.8 Å². The van der Waals surface area contributed by atoms with Gasteiger partial charge in [-0.3, -0.25) is 9.59 Å². The van der Waals surface area contributed by atoms with Crippen molar-refractivity contribution < 1.29 is 9.59 Å². The Morgan fingerprint density at radius 1 is 0.964 bits per heavy atom. The lowest BCUT2D eigenvalue weighted by Gasteiger charge is -2.46. The second-order valence-corrected chi connectivity index (χ2v) is 9.01. The average molecular weight is 383 g/mol. The zero-order valence-corrected chi connectivity index (χ0v) is 16.5. The molecule has 1 unspecified atom stereocenters. The summed E-state index contributed by atoms with van der Waals surface area (Å²) in [5.41, 5.74) is 1.40. The summed E-state index contributed by atoms with van der Waals surface area (Å²) in [6.07, 6.45) is 6.89. The van der Waals surface area contributed by atoms with E-state index in [0.29, 0.717) is 18.4 Å². The van der Waals surface area contributed by atoms with Crippen molar-refractivity contribution in [3.63, 3.8) is 0 Å². The van der Waals surface area contributed by atoms with Gasteiger partial charge >= 0.3 is 0 Å². The fraction of sp³-hybridized carbons (Fsp3) is 0.636. The molecule has 6 nitrogen and oxygen atoms in total. The summed E-state index contributed by atoms with van der Waals surface area (Å²) in [5.74, 6) is 1.19. The number of hydrogen-bond donors (Lipinski definition) is 2. The average Bonchev–Trinajstić information content (AvgIpc) is 3.54. The molecule has 1 spiro atoms. The van der Waals surface area contributed by atoms with Gasteiger partial charge < -0.3 is 20.4 Å². The smallest absolute Gasteiger partial charge is 0.250 e. The van der Waals surface area contributed by atoms with Crippen LogP contribution in [0.25, 0.3) is 0 Å². The monoisotopic (exact) mass is 382 g/mol. The SMILES string of the molecule is O=C1CCC(N2CCC3(CC2)Nc2ccccc2NC3=O)CCN1CC1CC1. The normalized spacial score (nSPS) is 27.7. The fourth-order valence-electron chi connectivity index (χ4n) is 5.07. The molecule has 2 saturated heterocycles. The molecule has 5 rings (SSSR count). The molecule has 3 aliphatic heterocycles. The van der Waals surface area contributed by atoms with Gasteiger partial charge in [-0.1, -0.05) is 12.1 Å². The Morgan fingerprint density at radius 3 is 2.46 bits per heavy atom. The number of nitrogens with one attached hydrogen (secondary N) is 2. The van der Waals surface area contributed by atoms with Gasteiger partial charge in [-0.2, -0.15) is 0 Å². The highest BCUT2D eigenvalue weighted by atomic mass is 16.2. The summed E-state index contributed by atoms with van der Waals surface area (Å²) in [6.45, 7) is 3.68. The number of carbonyl (C=O) groups excluding carboxylic acids is 2. The Kier molecular flexibility index (Phi) is 4.54. The Bertz CT molecular complexity index is 768. The first-order valence-corrected chi connectivity index (χ1v) is 10.8. The number of rotatable bonds is 3. The van der Waals surface area contributed by atoms with Gasteiger partial charge in [0.1, 0.15) is 5.54 Å². The lowest BCUT2D eigenvalue weighted by Crippen LogP contribution is -2.59. The molecule has 3 fully saturated rings. The summed E-state index contributed by atoms with van der Waals surface area (Å²) in [7, 11) is 0. The summed E-state index contributed by atoms with van der Waals surface area (Å²) < 4.78 is 0. The molecule has 150 valence electrons. The molecule has 1 aromatic carbocycles. The first-order chi connectivity index (χ1) is 13.6. The fourth-order valence-corrected chi connectivity index (χ4v) is 5.07. The van der Waals surface area contributed by atoms with E-state index in [2.05, 4.69) is 20.4 Å². The second kappa shape index (κ2) is 7.07. The van der Waals surface area contributed by atoms with Gasteiger partial charge in [0.25, 0.3) is 0 Å². The number of benzene rings is 1. The number of likely N-dealkylation sites (tertiary alicyclic amines) is 2. The van der Waals surface area contributed by atoms with Gasteiger partial charge in [0.2, 0.25) is 11.8 Å². The highest BCUT2D eigenvalue weighted by molar-refractivity contribution is 6.06. The van der Waals surface area contributed by atoms with Gasteiger partial charge in [-0.05, 0) is 56.6 Å². The van der Waals surface area contributed by atoms with Gasteiger partial charge in [0.15, 0.2) is 0 Å². The number of nitrogens with zero attached hydrogens (tertiary/aromatic N) is 2. The number of amides is 2. The van der Waals surface area contributed by atoms with Crippen LogP contribution in [0.3, 0.4) is 0 Å². The van der Waals surface area contributed by atoms with Crippen LogP contribution in [-0.4, -0.2) is 59.4 Å². The lowest BCUT2D eigenvalue weighted by atomic mass is 9.83. The summed E-state index contributed by atoms with van der Waals surface area (Å²) >= 11 is 0. The van der Waals surface area contributed by atoms with Crippen LogP contribution in [0.2, 0.25) is 0 Å². The molecule has 1 atom stereocenters. The molecule has 0 bridgehead atoms. The molecule has 2 amide bonds. The number of fused-ring (bicyclic) bond motifs is 1. The molecule has 1 aliphatic carbocycles. The third kappa shape index (κ3) is 3.39. The first kappa shape index (κ1) is 18.0. The Hall–Kier alpha value is -2.08. The number of carbonyl (C=O) groups is 2. The van der Waals surface area contributed by atoms with Crippen molar-refractivity contribution in [2.45, 2.75) is 56.5 Å². The van der Waals surface area contributed by atoms with Crippen molar-refractivity contribution in [3.05, 3.63) is 24.3 Å². The Labute approximate surface area is 166 Å². The van der Waals surface area contributed by atoms with E-state index in [1.54, 1.807) is 0 Å². The maximum absolute atomic E-state index is 12.8. The van der Waals surface area contributed by atoms with Crippen LogP contribution >= 0.6 is 0 Å². The van der Waals surface area contributed by atoms with Crippen LogP contribution in [0.15, 0.2) is 24.3 Å². The minimum absolute atomic E-state index is 0.0949. The third-order valence-electron chi connectivity index (χ3n) is 7.10. The zero-order chi connectivity index (χ0) is 19.1. The maximum atomic E-state index is 12.8. The predicted octanol–water partition coefficient (Wildman–Crippen LogP) is 2.68. The predicted molar refractivity (Wildman–Crippen MR) is 109 cm³/mol. The zero-order valence-electron chi connectivity index (χ0n) is 16.5. The molecule has 1 aromatic rings. The molecule has 3 heterocycles. The van der Waals surface area contributed by atoms with Crippen LogP contribution in [0.5, 0.6) is 0 Å². The summed E-state index contributed by atoms with van der Waals surface area (Å²) in [5, 5.41) is 6.63. The highest BCUT2D eigenvalue weighted by Gasteiger charge is 2.45. The third-order valence-corrected chi connectivity index (χ3v) is 7.10. The number of para-hydroxylation sites is 2. The van der Waals surface area contributed by atoms with Crippen molar-refractivity contribution in [1.29, 1.82) is 0 Å². The van der Waals surface area contributed by atoms with E-state index in [9.17, 15) is 9.59 Å². The molecule has 1 saturated carbocycles. The Morgan fingerprint density at radius 2 is 1.71 bits per heavy atom. The molecule has 0 aromatic heterocycles. The van der Waals surface area contributed by atoms with Crippen molar-refractivity contribution in [1.82, 2.24) is 9.80 Å². The molecule has 2 N–H and O–H groups in total. The van der Waals surface area contributed by atoms with E-state index in [0.717, 1.165) is 69.2 Å². The number of piperidine rings is 1. The van der Waals surface area contributed by atoms with Crippen molar-refractivity contribution >= 4 is 23.2 Å². The van der Waals surface area contributed by atoms with E-state index >= 15 is 0 Å². The van der Waals surface area contributed by atoms with Gasteiger partial charge in [0.05, 0.1) is 11.4 Å². The van der Waals surface area contributed by atoms with Gasteiger partial charge in [-0.25, -0.2) is 0 Å². The maximum Gasteiger partial charge on any atom is 0.250 e. The van der Waals surface area contributed by atoms with E-state index in [1.165, 1.54) is 12.8 Å². The van der Waals surface area contributed by atoms with Crippen LogP contribution in [0.1, 0.15) is 44.9 Å². The van der Waals surface area contributed by atoms with Crippen LogP contribution in [0, 0.1) is 5.92 Å². The summed E-state index contributed by atoms with van der Waals surface area (Å²) in [6, 6.07) is 8.39. The minimum Gasteiger partial charge on any atom is -0.369 e. The standard InChI is InChI=1S/C22H30N4O2/c27-20-8-7-17(9-12-26(20)15-16-5-6-16)25-13-10-22(11-14-25)21(28)23-18-3-1-2-4-19(18)24-22/h1-4,16-17,24H,5-15H2,(H,23,28). The van der Waals surface area contributed by atoms with Crippen molar-refractivity contribution in [3.8, 4) is 0 Å². The molecule has 6 heteroatoms.